The van der Waals surface area contributed by atoms with Crippen molar-refractivity contribution in [1.29, 1.82) is 0 Å². The molecule has 1 unspecified atom stereocenters. The molecule has 9 nitrogen and oxygen atoms in total. The molecule has 2 aromatic rings. The minimum Gasteiger partial charge on any atom is -0.497 e. The molecule has 0 radical (unpaired) electrons. The van der Waals surface area contributed by atoms with Crippen LogP contribution in [0, 0.1) is 0 Å². The van der Waals surface area contributed by atoms with Crippen LogP contribution in [0.15, 0.2) is 59.5 Å². The van der Waals surface area contributed by atoms with Gasteiger partial charge in [-0.1, -0.05) is 31.4 Å². The highest BCUT2D eigenvalue weighted by Gasteiger charge is 2.45. The minimum atomic E-state index is -1.26. The van der Waals surface area contributed by atoms with Crippen molar-refractivity contribution in [2.45, 2.75) is 74.0 Å². The molecular formula is C33H44N2O7S. The predicted octanol–water partition coefficient (Wildman–Crippen LogP) is 6.20. The highest BCUT2D eigenvalue weighted by molar-refractivity contribution is 8.01. The Kier molecular flexibility index (Phi) is 12.9. The standard InChI is InChI=1S/C29H40N2O3S.C4H4O4/c1-29(28(32)31(3)25-15-9-10-16-27(25)35-29)24-21-23(33-4)17-18-26(24)34-20-12-6-11-19-30(2)22-13-7-5-8-14-22;5-3(6)1-2-4(7)8/h9-10,15-18,21-22H,5-8,11-14,19-20H2,1-4H3;1-2H,(H,5,6)(H,7,8)/b;2-1+. The molecule has 1 saturated carbocycles. The number of nitrogens with zero attached hydrogens (tertiary/aromatic N) is 2. The number of benzene rings is 2. The number of anilines is 1. The smallest absolute Gasteiger partial charge is 0.328 e. The second kappa shape index (κ2) is 16.4. The van der Waals surface area contributed by atoms with Crippen molar-refractivity contribution < 1.29 is 34.1 Å². The Bertz CT molecular complexity index is 1260. The first-order chi connectivity index (χ1) is 20.6. The van der Waals surface area contributed by atoms with Crippen molar-refractivity contribution in [1.82, 2.24) is 4.90 Å². The molecule has 1 atom stereocenters. The second-order valence-electron chi connectivity index (χ2n) is 11.0. The fourth-order valence-electron chi connectivity index (χ4n) is 5.49. The summed E-state index contributed by atoms with van der Waals surface area (Å²) in [4.78, 5) is 38.1. The number of unbranched alkanes of at least 4 members (excludes halogenated alkanes) is 2. The molecule has 1 amide bonds. The quantitative estimate of drug-likeness (QED) is 0.213. The number of likely N-dealkylation sites (N-methyl/N-ethyl adjacent to an activating group) is 1. The SMILES string of the molecule is COc1ccc(OCCCCCN(C)C2CCCCC2)c(C2(C)Sc3ccccc3N(C)C2=O)c1.O=C(O)/C=C/C(=O)O. The Morgan fingerprint density at radius 1 is 1.05 bits per heavy atom. The van der Waals surface area contributed by atoms with Gasteiger partial charge in [0.1, 0.15) is 16.2 Å². The highest BCUT2D eigenvalue weighted by Crippen LogP contribution is 2.52. The molecule has 2 aliphatic rings. The van der Waals surface area contributed by atoms with Crippen molar-refractivity contribution in [3.63, 3.8) is 0 Å². The maximum atomic E-state index is 13.6. The number of methoxy groups -OCH3 is 1. The molecule has 1 aliphatic heterocycles. The lowest BCUT2D eigenvalue weighted by Gasteiger charge is -2.39. The molecule has 43 heavy (non-hydrogen) atoms. The molecule has 1 heterocycles. The van der Waals surface area contributed by atoms with Crippen LogP contribution in [0.2, 0.25) is 0 Å². The number of amides is 1. The van der Waals surface area contributed by atoms with Gasteiger partial charge in [0, 0.05) is 35.7 Å². The molecule has 10 heteroatoms. The van der Waals surface area contributed by atoms with E-state index in [9.17, 15) is 14.4 Å². The van der Waals surface area contributed by atoms with Gasteiger partial charge in [-0.15, -0.1) is 11.8 Å². The molecule has 2 aromatic carbocycles. The number of thioether (sulfide) groups is 1. The van der Waals surface area contributed by atoms with Crippen molar-refractivity contribution in [3.8, 4) is 11.5 Å². The number of carboxylic acids is 2. The first-order valence-electron chi connectivity index (χ1n) is 14.8. The van der Waals surface area contributed by atoms with E-state index >= 15 is 0 Å². The van der Waals surface area contributed by atoms with Crippen LogP contribution in [0.5, 0.6) is 11.5 Å². The van der Waals surface area contributed by atoms with E-state index in [0.717, 1.165) is 53.1 Å². The van der Waals surface area contributed by atoms with E-state index in [2.05, 4.69) is 18.0 Å². The Balaban J connectivity index is 0.000000557. The van der Waals surface area contributed by atoms with Gasteiger partial charge < -0.3 is 29.5 Å². The van der Waals surface area contributed by atoms with Gasteiger partial charge in [-0.25, -0.2) is 9.59 Å². The summed E-state index contributed by atoms with van der Waals surface area (Å²) in [6, 6.07) is 14.7. The van der Waals surface area contributed by atoms with Gasteiger partial charge in [0.2, 0.25) is 5.91 Å². The van der Waals surface area contributed by atoms with Crippen LogP contribution in [-0.4, -0.2) is 73.4 Å². The first kappa shape index (κ1) is 34.0. The topological polar surface area (TPSA) is 117 Å². The zero-order chi connectivity index (χ0) is 31.4. The molecule has 0 saturated heterocycles. The number of carboxylic acid groups (broad SMARTS) is 2. The number of ether oxygens (including phenoxy) is 2. The number of carbonyl (C=O) groups is 3. The van der Waals surface area contributed by atoms with Gasteiger partial charge in [0.15, 0.2) is 0 Å². The normalized spacial score (nSPS) is 18.6. The molecule has 0 bridgehead atoms. The lowest BCUT2D eigenvalue weighted by Crippen LogP contribution is -2.44. The number of carbonyl (C=O) groups excluding carboxylic acids is 1. The van der Waals surface area contributed by atoms with Crippen molar-refractivity contribution in [3.05, 3.63) is 60.2 Å². The van der Waals surface area contributed by atoms with Crippen molar-refractivity contribution in [2.24, 2.45) is 0 Å². The summed E-state index contributed by atoms with van der Waals surface area (Å²) < 4.78 is 11.0. The number of hydrogen-bond donors (Lipinski definition) is 2. The number of aliphatic carboxylic acids is 2. The van der Waals surface area contributed by atoms with E-state index in [1.54, 1.807) is 23.8 Å². The maximum Gasteiger partial charge on any atom is 0.328 e. The highest BCUT2D eigenvalue weighted by atomic mass is 32.2. The Morgan fingerprint density at radius 3 is 2.37 bits per heavy atom. The van der Waals surface area contributed by atoms with E-state index in [1.165, 1.54) is 38.5 Å². The van der Waals surface area contributed by atoms with Crippen LogP contribution in [-0.2, 0) is 19.1 Å². The lowest BCUT2D eigenvalue weighted by molar-refractivity contribution is -0.134. The number of hydrogen-bond acceptors (Lipinski definition) is 7. The minimum absolute atomic E-state index is 0.0463. The van der Waals surface area contributed by atoms with E-state index in [-0.39, 0.29) is 5.91 Å². The Hall–Kier alpha value is -3.50. The average Bonchev–Trinajstić information content (AvgIpc) is 3.01. The average molecular weight is 613 g/mol. The van der Waals surface area contributed by atoms with Crippen LogP contribution >= 0.6 is 11.8 Å². The van der Waals surface area contributed by atoms with Gasteiger partial charge in [0.05, 0.1) is 19.4 Å². The van der Waals surface area contributed by atoms with E-state index < -0.39 is 16.7 Å². The summed E-state index contributed by atoms with van der Waals surface area (Å²) in [5.41, 5.74) is 1.81. The summed E-state index contributed by atoms with van der Waals surface area (Å²) in [7, 11) is 5.79. The van der Waals surface area contributed by atoms with Gasteiger partial charge in [0.25, 0.3) is 0 Å². The van der Waals surface area contributed by atoms with Crippen molar-refractivity contribution in [2.75, 3.05) is 39.3 Å². The van der Waals surface area contributed by atoms with Crippen LogP contribution in [0.25, 0.3) is 0 Å². The van der Waals surface area contributed by atoms with E-state index in [1.807, 2.05) is 50.4 Å². The molecule has 1 aliphatic carbocycles. The molecule has 1 fully saturated rings. The first-order valence-corrected chi connectivity index (χ1v) is 15.6. The fraction of sp³-hybridized carbons (Fsp3) is 0.485. The van der Waals surface area contributed by atoms with Crippen LogP contribution < -0.4 is 14.4 Å². The number of fused-ring (bicyclic) bond motifs is 1. The molecular weight excluding hydrogens is 568 g/mol. The third-order valence-corrected chi connectivity index (χ3v) is 9.30. The van der Waals surface area contributed by atoms with Gasteiger partial charge >= 0.3 is 11.9 Å². The third kappa shape index (κ3) is 9.49. The monoisotopic (exact) mass is 612 g/mol. The fourth-order valence-corrected chi connectivity index (χ4v) is 6.88. The molecule has 234 valence electrons. The molecule has 4 rings (SSSR count). The maximum absolute atomic E-state index is 13.6. The Morgan fingerprint density at radius 2 is 1.72 bits per heavy atom. The lowest BCUT2D eigenvalue weighted by atomic mass is 9.94. The largest absolute Gasteiger partial charge is 0.497 e. The summed E-state index contributed by atoms with van der Waals surface area (Å²) in [5, 5.41) is 15.6. The van der Waals surface area contributed by atoms with Crippen LogP contribution in [0.4, 0.5) is 5.69 Å². The number of rotatable bonds is 12. The van der Waals surface area contributed by atoms with Crippen molar-refractivity contribution >= 4 is 35.3 Å². The summed E-state index contributed by atoms with van der Waals surface area (Å²) in [6.45, 7) is 3.80. The zero-order valence-corrected chi connectivity index (χ0v) is 26.4. The number of para-hydroxylation sites is 1. The van der Waals surface area contributed by atoms with Crippen LogP contribution in [0.3, 0.4) is 0 Å². The van der Waals surface area contributed by atoms with E-state index in [4.69, 9.17) is 19.7 Å². The zero-order valence-electron chi connectivity index (χ0n) is 25.6. The summed E-state index contributed by atoms with van der Waals surface area (Å²) >= 11 is 1.59. The predicted molar refractivity (Wildman–Crippen MR) is 169 cm³/mol. The molecule has 0 spiro atoms. The molecule has 0 aromatic heterocycles. The summed E-state index contributed by atoms with van der Waals surface area (Å²) in [5.74, 6) is -0.972. The van der Waals surface area contributed by atoms with Gasteiger partial charge in [-0.05, 0) is 83.0 Å². The van der Waals surface area contributed by atoms with Gasteiger partial charge in [-0.3, -0.25) is 4.79 Å². The summed E-state index contributed by atoms with van der Waals surface area (Å²) in [6.07, 6.45) is 11.3. The van der Waals surface area contributed by atoms with Gasteiger partial charge in [-0.2, -0.15) is 0 Å². The Labute approximate surface area is 258 Å². The van der Waals surface area contributed by atoms with Crippen LogP contribution in [0.1, 0.15) is 63.9 Å². The molecule has 2 N–H and O–H groups in total. The third-order valence-electron chi connectivity index (χ3n) is 7.93. The van der Waals surface area contributed by atoms with E-state index in [0.29, 0.717) is 18.8 Å². The second-order valence-corrected chi connectivity index (χ2v) is 12.5.